The highest BCUT2D eigenvalue weighted by Crippen LogP contribution is 2.34. The Morgan fingerprint density at radius 3 is 2.89 bits per heavy atom. The van der Waals surface area contributed by atoms with Crippen LogP contribution in [0.3, 0.4) is 0 Å². The van der Waals surface area contributed by atoms with Crippen molar-refractivity contribution in [2.45, 2.75) is 25.8 Å². The quantitative estimate of drug-likeness (QED) is 0.802. The average Bonchev–Trinajstić information content (AvgIpc) is 2.88. The zero-order chi connectivity index (χ0) is 20.3. The molecule has 7 nitrogen and oxygen atoms in total. The zero-order valence-electron chi connectivity index (χ0n) is 15.2. The first-order valence-corrected chi connectivity index (χ1v) is 9.07. The number of amides is 1. The molecule has 1 aliphatic rings. The molecular weight excluding hydrogens is 392 g/mol. The van der Waals surface area contributed by atoms with Gasteiger partial charge >= 0.3 is 6.43 Å². The lowest BCUT2D eigenvalue weighted by atomic mass is 10.0. The van der Waals surface area contributed by atoms with E-state index in [1.807, 2.05) is 17.9 Å². The molecule has 2 aromatic rings. The number of nitrogens with zero attached hydrogens (tertiary/aromatic N) is 3. The minimum absolute atomic E-state index is 0.156. The van der Waals surface area contributed by atoms with Crippen molar-refractivity contribution in [1.29, 1.82) is 0 Å². The fourth-order valence-electron chi connectivity index (χ4n) is 3.10. The van der Waals surface area contributed by atoms with Crippen molar-refractivity contribution in [3.8, 4) is 0 Å². The van der Waals surface area contributed by atoms with E-state index in [0.717, 1.165) is 12.1 Å². The maximum atomic E-state index is 12.6. The van der Waals surface area contributed by atoms with Gasteiger partial charge in [-0.05, 0) is 37.1 Å². The van der Waals surface area contributed by atoms with Crippen molar-refractivity contribution in [2.24, 2.45) is 0 Å². The summed E-state index contributed by atoms with van der Waals surface area (Å²) in [5, 5.41) is 2.61. The lowest BCUT2D eigenvalue weighted by Gasteiger charge is -2.31. The molecule has 1 aromatic carbocycles. The molecule has 3 N–H and O–H groups in total. The Kier molecular flexibility index (Phi) is 6.25. The number of alkyl halides is 2. The van der Waals surface area contributed by atoms with Gasteiger partial charge in [0.2, 0.25) is 5.95 Å². The smallest absolute Gasteiger partial charge is 0.315 e. The summed E-state index contributed by atoms with van der Waals surface area (Å²) in [6, 6.07) is 6.07. The summed E-state index contributed by atoms with van der Waals surface area (Å²) in [5.41, 5.74) is 7.38. The van der Waals surface area contributed by atoms with Crippen LogP contribution in [0.1, 0.15) is 23.7 Å². The van der Waals surface area contributed by atoms with Crippen LogP contribution < -0.4 is 16.0 Å². The number of carbonyl (C=O) groups excluding carboxylic acids is 1. The molecule has 1 saturated heterocycles. The Labute approximate surface area is 165 Å². The lowest BCUT2D eigenvalue weighted by Crippen LogP contribution is -2.32. The second-order valence-electron chi connectivity index (χ2n) is 6.39. The van der Waals surface area contributed by atoms with Crippen LogP contribution in [-0.2, 0) is 9.53 Å². The van der Waals surface area contributed by atoms with E-state index < -0.39 is 12.3 Å². The SMILES string of the molecule is Cc1cc(N2CCCOC[C@H]2c2cc(NC(=O)C(F)F)ccc2Cl)nc(N)n1. The molecule has 1 amide bonds. The molecule has 3 rings (SSSR count). The van der Waals surface area contributed by atoms with Crippen molar-refractivity contribution in [2.75, 3.05) is 35.7 Å². The van der Waals surface area contributed by atoms with E-state index in [1.54, 1.807) is 12.1 Å². The molecule has 2 heterocycles. The van der Waals surface area contributed by atoms with Crippen LogP contribution in [0.25, 0.3) is 0 Å². The van der Waals surface area contributed by atoms with Gasteiger partial charge < -0.3 is 20.7 Å². The molecule has 10 heteroatoms. The Hall–Kier alpha value is -2.52. The van der Waals surface area contributed by atoms with E-state index in [4.69, 9.17) is 22.1 Å². The minimum Gasteiger partial charge on any atom is -0.379 e. The first-order chi connectivity index (χ1) is 13.3. The zero-order valence-corrected chi connectivity index (χ0v) is 15.9. The third-order valence-electron chi connectivity index (χ3n) is 4.31. The highest BCUT2D eigenvalue weighted by molar-refractivity contribution is 6.31. The van der Waals surface area contributed by atoms with Gasteiger partial charge in [0.1, 0.15) is 5.82 Å². The van der Waals surface area contributed by atoms with Crippen LogP contribution in [0.2, 0.25) is 5.02 Å². The maximum Gasteiger partial charge on any atom is 0.315 e. The predicted molar refractivity (Wildman–Crippen MR) is 103 cm³/mol. The number of nitrogens with two attached hydrogens (primary N) is 1. The molecule has 1 aliphatic heterocycles. The molecule has 150 valence electrons. The normalized spacial score (nSPS) is 17.5. The number of carbonyl (C=O) groups is 1. The number of halogens is 3. The van der Waals surface area contributed by atoms with Crippen LogP contribution in [0.4, 0.5) is 26.2 Å². The van der Waals surface area contributed by atoms with Crippen molar-refractivity contribution in [1.82, 2.24) is 9.97 Å². The molecule has 1 fully saturated rings. The largest absolute Gasteiger partial charge is 0.379 e. The number of hydrogen-bond acceptors (Lipinski definition) is 6. The maximum absolute atomic E-state index is 12.6. The molecular formula is C18H20ClF2N5O2. The molecule has 0 saturated carbocycles. The number of hydrogen-bond donors (Lipinski definition) is 2. The second kappa shape index (κ2) is 8.66. The van der Waals surface area contributed by atoms with E-state index in [9.17, 15) is 13.6 Å². The third-order valence-corrected chi connectivity index (χ3v) is 4.66. The van der Waals surface area contributed by atoms with E-state index in [2.05, 4.69) is 15.3 Å². The fraction of sp³-hybridized carbons (Fsp3) is 0.389. The number of nitrogens with one attached hydrogen (secondary N) is 1. The standard InChI is InChI=1S/C18H20ClF2N5O2/c1-10-7-15(25-18(22)23-10)26-5-2-6-28-9-14(26)12-8-11(3-4-13(12)19)24-17(27)16(20)21/h3-4,7-8,14,16H,2,5-6,9H2,1H3,(H,24,27)(H2,22,23,25)/t14-/m0/s1. The summed E-state index contributed by atoms with van der Waals surface area (Å²) in [4.78, 5) is 21.8. The molecule has 0 radical (unpaired) electrons. The molecule has 0 aliphatic carbocycles. The predicted octanol–water partition coefficient (Wildman–Crippen LogP) is 3.19. The van der Waals surface area contributed by atoms with E-state index >= 15 is 0 Å². The monoisotopic (exact) mass is 411 g/mol. The Balaban J connectivity index is 1.99. The Morgan fingerprint density at radius 2 is 2.18 bits per heavy atom. The minimum atomic E-state index is -3.11. The number of aryl methyl sites for hydroxylation is 1. The Morgan fingerprint density at radius 1 is 1.39 bits per heavy atom. The van der Waals surface area contributed by atoms with Crippen molar-refractivity contribution < 1.29 is 18.3 Å². The van der Waals surface area contributed by atoms with Gasteiger partial charge in [-0.15, -0.1) is 0 Å². The topological polar surface area (TPSA) is 93.4 Å². The highest BCUT2D eigenvalue weighted by atomic mass is 35.5. The Bertz CT molecular complexity index is 848. The van der Waals surface area contributed by atoms with Crippen LogP contribution >= 0.6 is 11.6 Å². The summed E-state index contributed by atoms with van der Waals surface area (Å²) in [7, 11) is 0. The number of aromatic nitrogens is 2. The van der Waals surface area contributed by atoms with Crippen LogP contribution in [-0.4, -0.2) is 42.1 Å². The van der Waals surface area contributed by atoms with Gasteiger partial charge in [0, 0.05) is 35.6 Å². The number of ether oxygens (including phenoxy) is 1. The number of anilines is 3. The lowest BCUT2D eigenvalue weighted by molar-refractivity contribution is -0.126. The van der Waals surface area contributed by atoms with Gasteiger partial charge in [0.25, 0.3) is 5.91 Å². The third kappa shape index (κ3) is 4.66. The highest BCUT2D eigenvalue weighted by Gasteiger charge is 2.27. The second-order valence-corrected chi connectivity index (χ2v) is 6.80. The fourth-order valence-corrected chi connectivity index (χ4v) is 3.35. The van der Waals surface area contributed by atoms with Crippen LogP contribution in [0.15, 0.2) is 24.3 Å². The van der Waals surface area contributed by atoms with Gasteiger partial charge in [0.15, 0.2) is 0 Å². The van der Waals surface area contributed by atoms with Gasteiger partial charge in [-0.2, -0.15) is 13.8 Å². The van der Waals surface area contributed by atoms with Crippen LogP contribution in [0.5, 0.6) is 0 Å². The molecule has 0 unspecified atom stereocenters. The van der Waals surface area contributed by atoms with E-state index in [0.29, 0.717) is 36.2 Å². The summed E-state index contributed by atoms with van der Waals surface area (Å²) >= 11 is 6.40. The van der Waals surface area contributed by atoms with E-state index in [-0.39, 0.29) is 17.7 Å². The molecule has 0 bridgehead atoms. The summed E-state index contributed by atoms with van der Waals surface area (Å²) in [5.74, 6) is -0.594. The molecule has 1 atom stereocenters. The first-order valence-electron chi connectivity index (χ1n) is 8.69. The molecule has 1 aromatic heterocycles. The van der Waals surface area contributed by atoms with Crippen molar-refractivity contribution in [3.05, 3.63) is 40.5 Å². The van der Waals surface area contributed by atoms with Crippen LogP contribution in [0, 0.1) is 6.92 Å². The number of rotatable bonds is 4. The van der Waals surface area contributed by atoms with Gasteiger partial charge in [-0.3, -0.25) is 4.79 Å². The van der Waals surface area contributed by atoms with Gasteiger partial charge in [-0.1, -0.05) is 11.6 Å². The number of benzene rings is 1. The van der Waals surface area contributed by atoms with Gasteiger partial charge in [0.05, 0.1) is 12.6 Å². The van der Waals surface area contributed by atoms with Crippen molar-refractivity contribution >= 4 is 35.0 Å². The van der Waals surface area contributed by atoms with E-state index in [1.165, 1.54) is 6.07 Å². The number of nitrogen functional groups attached to an aromatic ring is 1. The average molecular weight is 412 g/mol. The molecule has 28 heavy (non-hydrogen) atoms. The summed E-state index contributed by atoms with van der Waals surface area (Å²) in [6.45, 7) is 3.32. The van der Waals surface area contributed by atoms with Gasteiger partial charge in [-0.25, -0.2) is 4.98 Å². The first kappa shape index (κ1) is 20.2. The summed E-state index contributed by atoms with van der Waals surface area (Å²) < 4.78 is 30.8. The van der Waals surface area contributed by atoms with Crippen molar-refractivity contribution in [3.63, 3.8) is 0 Å². The molecule has 0 spiro atoms. The summed E-state index contributed by atoms with van der Waals surface area (Å²) in [6.07, 6.45) is -2.34.